The maximum Gasteiger partial charge on any atom is 0.257 e. The standard InChI is InChI=1S/C28H25ClN2O7/c1-28-18(25(34)30(27(28)36)14-6-4-3-5-7-14)12-17-15(8-9-16-21(17)26(35)31(37)24(16)33)22(28)13-10-19(29)23(32)20(11-13)38-2/h3-8,10-11,16-18,21-22,32,37H,9,12H2,1-2H3/t16-,17+,18-,21-,22-,28+/m0/s1. The number of phenolic OH excluding ortho intramolecular Hbond substituents is 1. The van der Waals surface area contributed by atoms with E-state index in [0.717, 1.165) is 5.57 Å². The number of nitrogens with zero attached hydrogens (tertiary/aromatic N) is 2. The van der Waals surface area contributed by atoms with Crippen LogP contribution in [-0.2, 0) is 19.2 Å². The molecule has 2 aromatic rings. The number of imide groups is 2. The summed E-state index contributed by atoms with van der Waals surface area (Å²) in [7, 11) is 1.38. The lowest BCUT2D eigenvalue weighted by Gasteiger charge is -2.49. The molecule has 0 unspecified atom stereocenters. The summed E-state index contributed by atoms with van der Waals surface area (Å²) in [5.41, 5.74) is 0.473. The van der Waals surface area contributed by atoms with E-state index in [1.807, 2.05) is 6.08 Å². The molecule has 2 heterocycles. The topological polar surface area (TPSA) is 124 Å². The molecule has 1 saturated carbocycles. The Kier molecular flexibility index (Phi) is 5.45. The van der Waals surface area contributed by atoms with Gasteiger partial charge in [0.25, 0.3) is 11.8 Å². The number of phenols is 1. The number of para-hydroxylation sites is 1. The minimum Gasteiger partial charge on any atom is -0.503 e. The number of halogens is 1. The second-order valence-electron chi connectivity index (χ2n) is 10.5. The monoisotopic (exact) mass is 536 g/mol. The summed E-state index contributed by atoms with van der Waals surface area (Å²) in [6, 6.07) is 11.8. The highest BCUT2D eigenvalue weighted by Crippen LogP contribution is 2.64. The summed E-state index contributed by atoms with van der Waals surface area (Å²) in [5.74, 6) is -5.93. The van der Waals surface area contributed by atoms with Crippen LogP contribution in [0.3, 0.4) is 0 Å². The van der Waals surface area contributed by atoms with E-state index >= 15 is 0 Å². The molecule has 9 nitrogen and oxygen atoms in total. The van der Waals surface area contributed by atoms with Crippen LogP contribution in [0.25, 0.3) is 0 Å². The molecule has 2 aromatic carbocycles. The Morgan fingerprint density at radius 1 is 1.03 bits per heavy atom. The molecule has 2 saturated heterocycles. The molecule has 196 valence electrons. The van der Waals surface area contributed by atoms with Crippen LogP contribution in [0.2, 0.25) is 5.02 Å². The van der Waals surface area contributed by atoms with Gasteiger partial charge in [-0.05, 0) is 55.5 Å². The van der Waals surface area contributed by atoms with E-state index in [1.165, 1.54) is 12.0 Å². The molecule has 0 aromatic heterocycles. The Labute approximate surface area is 223 Å². The first-order valence-corrected chi connectivity index (χ1v) is 12.8. The molecule has 6 atom stereocenters. The summed E-state index contributed by atoms with van der Waals surface area (Å²) >= 11 is 6.37. The van der Waals surface area contributed by atoms with Gasteiger partial charge in [0.2, 0.25) is 11.8 Å². The summed E-state index contributed by atoms with van der Waals surface area (Å²) in [4.78, 5) is 55.0. The van der Waals surface area contributed by atoms with E-state index in [-0.39, 0.29) is 46.2 Å². The third-order valence-electron chi connectivity index (χ3n) is 8.87. The van der Waals surface area contributed by atoms with E-state index in [0.29, 0.717) is 11.3 Å². The third kappa shape index (κ3) is 3.09. The van der Waals surface area contributed by atoms with Gasteiger partial charge >= 0.3 is 0 Å². The number of carbonyl (C=O) groups is 4. The number of aromatic hydroxyl groups is 1. The Hall–Kier alpha value is -3.69. The van der Waals surface area contributed by atoms with Crippen molar-refractivity contribution in [3.8, 4) is 11.5 Å². The molecular weight excluding hydrogens is 512 g/mol. The minimum atomic E-state index is -1.25. The number of methoxy groups -OCH3 is 1. The van der Waals surface area contributed by atoms with E-state index in [1.54, 1.807) is 49.4 Å². The number of hydrogen-bond acceptors (Lipinski definition) is 7. The summed E-state index contributed by atoms with van der Waals surface area (Å²) < 4.78 is 5.34. The fourth-order valence-electron chi connectivity index (χ4n) is 7.12. The maximum atomic E-state index is 14.2. The van der Waals surface area contributed by atoms with Crippen molar-refractivity contribution in [2.24, 2.45) is 29.1 Å². The van der Waals surface area contributed by atoms with Crippen molar-refractivity contribution >= 4 is 40.9 Å². The first-order chi connectivity index (χ1) is 18.1. The largest absolute Gasteiger partial charge is 0.503 e. The molecule has 4 amide bonds. The average Bonchev–Trinajstić information content (AvgIpc) is 3.25. The second-order valence-corrected chi connectivity index (χ2v) is 10.9. The van der Waals surface area contributed by atoms with Crippen LogP contribution in [0.1, 0.15) is 31.2 Å². The quantitative estimate of drug-likeness (QED) is 0.348. The van der Waals surface area contributed by atoms with Crippen molar-refractivity contribution in [3.05, 3.63) is 64.7 Å². The number of hydroxylamine groups is 2. The van der Waals surface area contributed by atoms with E-state index < -0.39 is 46.8 Å². The number of benzene rings is 2. The highest BCUT2D eigenvalue weighted by molar-refractivity contribution is 6.32. The zero-order chi connectivity index (χ0) is 27.1. The number of carbonyl (C=O) groups excluding carboxylic acids is 4. The Balaban J connectivity index is 1.57. The van der Waals surface area contributed by atoms with Crippen molar-refractivity contribution in [3.63, 3.8) is 0 Å². The highest BCUT2D eigenvalue weighted by Gasteiger charge is 2.67. The van der Waals surface area contributed by atoms with Crippen LogP contribution in [0.15, 0.2) is 54.1 Å². The lowest BCUT2D eigenvalue weighted by atomic mass is 9.51. The van der Waals surface area contributed by atoms with Crippen molar-refractivity contribution in [2.75, 3.05) is 12.0 Å². The fourth-order valence-corrected chi connectivity index (χ4v) is 7.34. The maximum absolute atomic E-state index is 14.2. The molecule has 0 radical (unpaired) electrons. The Bertz CT molecular complexity index is 1440. The molecule has 0 spiro atoms. The molecule has 3 fully saturated rings. The molecule has 38 heavy (non-hydrogen) atoms. The normalized spacial score (nSPS) is 32.2. The predicted octanol–water partition coefficient (Wildman–Crippen LogP) is 3.67. The third-order valence-corrected chi connectivity index (χ3v) is 9.16. The van der Waals surface area contributed by atoms with Gasteiger partial charge in [-0.25, -0.2) is 4.90 Å². The van der Waals surface area contributed by atoms with E-state index in [2.05, 4.69) is 0 Å². The first kappa shape index (κ1) is 24.6. The molecule has 4 aliphatic rings. The van der Waals surface area contributed by atoms with Crippen LogP contribution < -0.4 is 9.64 Å². The summed E-state index contributed by atoms with van der Waals surface area (Å²) in [5, 5.41) is 20.7. The number of allylic oxidation sites excluding steroid dienone is 2. The van der Waals surface area contributed by atoms with E-state index in [4.69, 9.17) is 16.3 Å². The van der Waals surface area contributed by atoms with Crippen molar-refractivity contribution in [1.29, 1.82) is 0 Å². The van der Waals surface area contributed by atoms with Crippen LogP contribution >= 0.6 is 11.6 Å². The smallest absolute Gasteiger partial charge is 0.257 e. The first-order valence-electron chi connectivity index (χ1n) is 12.4. The van der Waals surface area contributed by atoms with Crippen molar-refractivity contribution < 1.29 is 34.2 Å². The van der Waals surface area contributed by atoms with Gasteiger partial charge in [0.15, 0.2) is 11.5 Å². The van der Waals surface area contributed by atoms with Crippen LogP contribution in [0.5, 0.6) is 11.5 Å². The highest BCUT2D eigenvalue weighted by atomic mass is 35.5. The Morgan fingerprint density at radius 3 is 2.42 bits per heavy atom. The van der Waals surface area contributed by atoms with Crippen LogP contribution in [0.4, 0.5) is 5.69 Å². The van der Waals surface area contributed by atoms with Gasteiger partial charge in [0, 0.05) is 5.92 Å². The van der Waals surface area contributed by atoms with Crippen molar-refractivity contribution in [2.45, 2.75) is 25.7 Å². The number of fused-ring (bicyclic) bond motifs is 4. The van der Waals surface area contributed by atoms with Gasteiger partial charge in [-0.15, -0.1) is 0 Å². The SMILES string of the molecule is COc1cc([C@H]2C3=CC[C@@H]4C(=O)N(O)C(=O)[C@@H]4[C@@H]3C[C@H]3C(=O)N(c4ccccc4)C(=O)[C@@]23C)cc(Cl)c1O. The zero-order valence-corrected chi connectivity index (χ0v) is 21.4. The van der Waals surface area contributed by atoms with Crippen LogP contribution in [0, 0.1) is 29.1 Å². The fraction of sp³-hybridized carbons (Fsp3) is 0.357. The van der Waals surface area contributed by atoms with Gasteiger partial charge in [0.05, 0.1) is 41.0 Å². The number of anilines is 1. The van der Waals surface area contributed by atoms with E-state index in [9.17, 15) is 29.5 Å². The molecule has 10 heteroatoms. The molecular formula is C28H25ClN2O7. The van der Waals surface area contributed by atoms with Gasteiger partial charge in [-0.2, -0.15) is 5.06 Å². The number of ether oxygens (including phenoxy) is 1. The minimum absolute atomic E-state index is 0.0150. The van der Waals surface area contributed by atoms with Gasteiger partial charge < -0.3 is 9.84 Å². The van der Waals surface area contributed by atoms with Crippen molar-refractivity contribution in [1.82, 2.24) is 5.06 Å². The number of hydrogen-bond donors (Lipinski definition) is 2. The average molecular weight is 537 g/mol. The van der Waals surface area contributed by atoms with Gasteiger partial charge in [-0.3, -0.25) is 24.4 Å². The Morgan fingerprint density at radius 2 is 1.74 bits per heavy atom. The molecule has 2 aliphatic heterocycles. The number of rotatable bonds is 3. The lowest BCUT2D eigenvalue weighted by Crippen LogP contribution is -2.48. The van der Waals surface area contributed by atoms with Crippen LogP contribution in [-0.4, -0.2) is 46.1 Å². The summed E-state index contributed by atoms with van der Waals surface area (Å²) in [6.45, 7) is 1.75. The summed E-state index contributed by atoms with van der Waals surface area (Å²) in [6.07, 6.45) is 2.24. The molecule has 2 N–H and O–H groups in total. The van der Waals surface area contributed by atoms with Gasteiger partial charge in [0.1, 0.15) is 0 Å². The molecule has 6 rings (SSSR count). The second kappa shape index (κ2) is 8.41. The zero-order valence-electron chi connectivity index (χ0n) is 20.6. The number of amides is 4. The van der Waals surface area contributed by atoms with Gasteiger partial charge in [-0.1, -0.05) is 41.4 Å². The predicted molar refractivity (Wildman–Crippen MR) is 134 cm³/mol. The lowest BCUT2D eigenvalue weighted by molar-refractivity contribution is -0.173. The molecule has 0 bridgehead atoms. The molecule has 2 aliphatic carbocycles.